The average Bonchev–Trinajstić information content (AvgIpc) is 2.64. The van der Waals surface area contributed by atoms with Crippen molar-refractivity contribution in [2.24, 2.45) is 0 Å². The third-order valence-electron chi connectivity index (χ3n) is 2.46. The number of esters is 1. The summed E-state index contributed by atoms with van der Waals surface area (Å²) >= 11 is 13.3. The van der Waals surface area contributed by atoms with Crippen LogP contribution in [0.1, 0.15) is 38.3 Å². The summed E-state index contributed by atoms with van der Waals surface area (Å²) in [4.78, 5) is 11.1. The molecule has 0 radical (unpaired) electrons. The van der Waals surface area contributed by atoms with Gasteiger partial charge in [0.1, 0.15) is 0 Å². The minimum Gasteiger partial charge on any atom is -0.466 e. The van der Waals surface area contributed by atoms with Gasteiger partial charge in [-0.1, -0.05) is 23.2 Å². The first kappa shape index (κ1) is 15.8. The second-order valence-corrected chi connectivity index (χ2v) is 6.15. The van der Waals surface area contributed by atoms with Gasteiger partial charge in [-0.25, -0.2) is 0 Å². The number of carbonyl (C=O) groups excluding carboxylic acids is 1. The fraction of sp³-hybridized carbons (Fsp3) is 0.583. The van der Waals surface area contributed by atoms with Crippen LogP contribution in [0.4, 0.5) is 0 Å². The van der Waals surface area contributed by atoms with Crippen molar-refractivity contribution in [2.45, 2.75) is 32.7 Å². The van der Waals surface area contributed by atoms with Crippen molar-refractivity contribution in [3.63, 3.8) is 0 Å². The Labute approximate surface area is 121 Å². The van der Waals surface area contributed by atoms with Gasteiger partial charge < -0.3 is 10.1 Å². The molecule has 0 amide bonds. The summed E-state index contributed by atoms with van der Waals surface area (Å²) in [6.07, 6.45) is 1.18. The third kappa shape index (κ3) is 5.14. The molecule has 0 saturated heterocycles. The average molecular weight is 310 g/mol. The molecule has 1 aromatic heterocycles. The first-order valence-corrected chi connectivity index (χ1v) is 7.45. The van der Waals surface area contributed by atoms with Gasteiger partial charge >= 0.3 is 5.97 Å². The number of rotatable bonds is 7. The van der Waals surface area contributed by atoms with Crippen LogP contribution in [0.25, 0.3) is 0 Å². The predicted octanol–water partition coefficient (Wildman–Crippen LogP) is 4.05. The Balaban J connectivity index is 2.27. The summed E-state index contributed by atoms with van der Waals surface area (Å²) < 4.78 is 6.26. The highest BCUT2D eigenvalue weighted by Crippen LogP contribution is 2.34. The second-order valence-electron chi connectivity index (χ2n) is 3.86. The molecule has 0 bridgehead atoms. The molecule has 1 aromatic rings. The highest BCUT2D eigenvalue weighted by atomic mass is 35.5. The third-order valence-corrected chi connectivity index (χ3v) is 3.98. The van der Waals surface area contributed by atoms with Gasteiger partial charge in [-0.2, -0.15) is 0 Å². The number of hydrogen-bond acceptors (Lipinski definition) is 4. The summed E-state index contributed by atoms with van der Waals surface area (Å²) in [6.45, 7) is 5.00. The topological polar surface area (TPSA) is 38.3 Å². The lowest BCUT2D eigenvalue weighted by Gasteiger charge is -2.12. The van der Waals surface area contributed by atoms with E-state index in [9.17, 15) is 4.79 Å². The van der Waals surface area contributed by atoms with Crippen LogP contribution in [0.5, 0.6) is 0 Å². The quantitative estimate of drug-likeness (QED) is 0.610. The molecular weight excluding hydrogens is 293 g/mol. The van der Waals surface area contributed by atoms with Crippen molar-refractivity contribution < 1.29 is 9.53 Å². The molecule has 102 valence electrons. The van der Waals surface area contributed by atoms with Crippen LogP contribution in [0, 0.1) is 0 Å². The van der Waals surface area contributed by atoms with Gasteiger partial charge in [0.2, 0.25) is 0 Å². The summed E-state index contributed by atoms with van der Waals surface area (Å²) in [5.74, 6) is -0.149. The molecule has 6 heteroatoms. The van der Waals surface area contributed by atoms with Crippen molar-refractivity contribution in [2.75, 3.05) is 13.2 Å². The van der Waals surface area contributed by atoms with Crippen LogP contribution < -0.4 is 5.32 Å². The first-order valence-electron chi connectivity index (χ1n) is 5.88. The summed E-state index contributed by atoms with van der Waals surface area (Å²) in [5, 5.41) is 3.31. The van der Waals surface area contributed by atoms with E-state index in [-0.39, 0.29) is 12.0 Å². The van der Waals surface area contributed by atoms with E-state index in [4.69, 9.17) is 27.9 Å². The van der Waals surface area contributed by atoms with E-state index in [1.165, 1.54) is 11.3 Å². The van der Waals surface area contributed by atoms with Crippen molar-refractivity contribution in [1.29, 1.82) is 0 Å². The highest BCUT2D eigenvalue weighted by Gasteiger charge is 2.12. The molecule has 1 rings (SSSR count). The molecule has 0 aliphatic rings. The predicted molar refractivity (Wildman–Crippen MR) is 76.6 cm³/mol. The van der Waals surface area contributed by atoms with Crippen LogP contribution in [-0.2, 0) is 9.53 Å². The normalized spacial score (nSPS) is 12.4. The van der Waals surface area contributed by atoms with Crippen molar-refractivity contribution in [3.05, 3.63) is 20.3 Å². The maximum Gasteiger partial charge on any atom is 0.305 e. The van der Waals surface area contributed by atoms with Gasteiger partial charge in [-0.15, -0.1) is 11.3 Å². The summed E-state index contributed by atoms with van der Waals surface area (Å²) in [7, 11) is 0. The SMILES string of the molecule is CCOC(=O)CCCNC(C)c1cc(Cl)sc1Cl. The van der Waals surface area contributed by atoms with E-state index in [0.29, 0.717) is 21.7 Å². The van der Waals surface area contributed by atoms with E-state index in [1.807, 2.05) is 13.0 Å². The van der Waals surface area contributed by atoms with Gasteiger partial charge in [-0.05, 0) is 38.4 Å². The van der Waals surface area contributed by atoms with Crippen molar-refractivity contribution >= 4 is 40.5 Å². The molecule has 1 atom stereocenters. The van der Waals surface area contributed by atoms with Gasteiger partial charge in [0.15, 0.2) is 0 Å². The minimum atomic E-state index is -0.149. The van der Waals surface area contributed by atoms with Gasteiger partial charge in [0, 0.05) is 12.5 Å². The van der Waals surface area contributed by atoms with E-state index >= 15 is 0 Å². The second kappa shape index (κ2) is 8.00. The van der Waals surface area contributed by atoms with E-state index < -0.39 is 0 Å². The standard InChI is InChI=1S/C12H17Cl2NO2S/c1-3-17-11(16)5-4-6-15-8(2)9-7-10(13)18-12(9)14/h7-8,15H,3-6H2,1-2H3. The molecule has 0 aliphatic heterocycles. The molecule has 0 spiro atoms. The van der Waals surface area contributed by atoms with Crippen molar-refractivity contribution in [3.8, 4) is 0 Å². The molecule has 3 nitrogen and oxygen atoms in total. The number of ether oxygens (including phenoxy) is 1. The Morgan fingerprint density at radius 1 is 1.56 bits per heavy atom. The fourth-order valence-electron chi connectivity index (χ4n) is 1.54. The lowest BCUT2D eigenvalue weighted by atomic mass is 10.2. The number of nitrogens with one attached hydrogen (secondary N) is 1. The maximum atomic E-state index is 11.1. The van der Waals surface area contributed by atoms with Crippen LogP contribution in [0.2, 0.25) is 8.67 Å². The van der Waals surface area contributed by atoms with Crippen LogP contribution >= 0.6 is 34.5 Å². The smallest absolute Gasteiger partial charge is 0.305 e. The number of thiophene rings is 1. The molecule has 0 saturated carbocycles. The van der Waals surface area contributed by atoms with E-state index in [0.717, 1.165) is 18.5 Å². The highest BCUT2D eigenvalue weighted by molar-refractivity contribution is 7.20. The Kier molecular flexibility index (Phi) is 7.00. The molecule has 1 N–H and O–H groups in total. The largest absolute Gasteiger partial charge is 0.466 e. The zero-order valence-corrected chi connectivity index (χ0v) is 12.8. The zero-order valence-electron chi connectivity index (χ0n) is 10.5. The van der Waals surface area contributed by atoms with Gasteiger partial charge in [0.05, 0.1) is 15.3 Å². The lowest BCUT2D eigenvalue weighted by Crippen LogP contribution is -2.20. The van der Waals surface area contributed by atoms with Crippen molar-refractivity contribution in [1.82, 2.24) is 5.32 Å². The lowest BCUT2D eigenvalue weighted by molar-refractivity contribution is -0.143. The molecular formula is C12H17Cl2NO2S. The summed E-state index contributed by atoms with van der Waals surface area (Å²) in [6, 6.07) is 2.00. The summed E-state index contributed by atoms with van der Waals surface area (Å²) in [5.41, 5.74) is 1.00. The van der Waals surface area contributed by atoms with Crippen LogP contribution in [0.3, 0.4) is 0 Å². The zero-order chi connectivity index (χ0) is 13.5. The number of halogens is 2. The molecule has 1 heterocycles. The fourth-order valence-corrected chi connectivity index (χ4v) is 3.19. The van der Waals surface area contributed by atoms with Crippen LogP contribution in [0.15, 0.2) is 6.07 Å². The molecule has 0 aliphatic carbocycles. The Morgan fingerprint density at radius 2 is 2.28 bits per heavy atom. The molecule has 0 aromatic carbocycles. The van der Waals surface area contributed by atoms with Gasteiger partial charge in [0.25, 0.3) is 0 Å². The molecule has 1 unspecified atom stereocenters. The van der Waals surface area contributed by atoms with Gasteiger partial charge in [-0.3, -0.25) is 4.79 Å². The first-order chi connectivity index (χ1) is 8.54. The number of hydrogen-bond donors (Lipinski definition) is 1. The van der Waals surface area contributed by atoms with Crippen LogP contribution in [-0.4, -0.2) is 19.1 Å². The Bertz CT molecular complexity index is 395. The number of carbonyl (C=O) groups is 1. The van der Waals surface area contributed by atoms with E-state index in [1.54, 1.807) is 6.92 Å². The van der Waals surface area contributed by atoms with E-state index in [2.05, 4.69) is 5.32 Å². The maximum absolute atomic E-state index is 11.1. The Hall–Kier alpha value is -0.290. The minimum absolute atomic E-state index is 0.128. The monoisotopic (exact) mass is 309 g/mol. The molecule has 0 fully saturated rings. The Morgan fingerprint density at radius 3 is 2.83 bits per heavy atom. The molecule has 18 heavy (non-hydrogen) atoms.